The van der Waals surface area contributed by atoms with Crippen molar-refractivity contribution in [3.8, 4) is 0 Å². The highest BCUT2D eigenvalue weighted by Crippen LogP contribution is 2.34. The maximum atomic E-state index is 10.3. The molecule has 1 unspecified atom stereocenters. The van der Waals surface area contributed by atoms with E-state index in [1.165, 1.54) is 6.61 Å². The van der Waals surface area contributed by atoms with Crippen molar-refractivity contribution < 1.29 is 23.8 Å². The SMILES string of the molecule is O=P(O)(O)COC1C=C[CH]O1. The van der Waals surface area contributed by atoms with E-state index in [1.807, 2.05) is 0 Å². The lowest BCUT2D eigenvalue weighted by Gasteiger charge is -2.09. The van der Waals surface area contributed by atoms with E-state index in [4.69, 9.17) is 14.5 Å². The molecule has 5 nitrogen and oxygen atoms in total. The Labute approximate surface area is 63.8 Å². The van der Waals surface area contributed by atoms with Gasteiger partial charge in [-0.1, -0.05) is 6.08 Å². The zero-order valence-corrected chi connectivity index (χ0v) is 6.48. The molecule has 0 bridgehead atoms. The Hall–Kier alpha value is -0.190. The molecule has 0 aromatic heterocycles. The Morgan fingerprint density at radius 1 is 1.64 bits per heavy atom. The first-order valence-electron chi connectivity index (χ1n) is 2.89. The van der Waals surface area contributed by atoms with Gasteiger partial charge in [0.15, 0.2) is 12.6 Å². The van der Waals surface area contributed by atoms with E-state index in [0.29, 0.717) is 0 Å². The first kappa shape index (κ1) is 8.90. The molecule has 1 heterocycles. The second kappa shape index (κ2) is 3.47. The molecular weight excluding hydrogens is 171 g/mol. The summed E-state index contributed by atoms with van der Waals surface area (Å²) in [6.45, 7) is 1.39. The summed E-state index contributed by atoms with van der Waals surface area (Å²) in [7, 11) is -4.07. The van der Waals surface area contributed by atoms with E-state index in [9.17, 15) is 4.57 Å². The van der Waals surface area contributed by atoms with Gasteiger partial charge >= 0.3 is 7.60 Å². The second-order valence-electron chi connectivity index (χ2n) is 1.99. The van der Waals surface area contributed by atoms with Crippen LogP contribution in [0.5, 0.6) is 0 Å². The van der Waals surface area contributed by atoms with E-state index in [1.54, 1.807) is 12.2 Å². The Bertz CT molecular complexity index is 195. The zero-order valence-electron chi connectivity index (χ0n) is 5.58. The van der Waals surface area contributed by atoms with Crippen molar-refractivity contribution in [3.63, 3.8) is 0 Å². The van der Waals surface area contributed by atoms with Gasteiger partial charge in [-0.05, 0) is 6.08 Å². The fourth-order valence-corrected chi connectivity index (χ4v) is 0.911. The van der Waals surface area contributed by atoms with E-state index in [-0.39, 0.29) is 0 Å². The number of hydrogen-bond donors (Lipinski definition) is 2. The quantitative estimate of drug-likeness (QED) is 0.605. The molecule has 0 aromatic carbocycles. The number of ether oxygens (including phenoxy) is 2. The van der Waals surface area contributed by atoms with E-state index in [0.717, 1.165) is 0 Å². The van der Waals surface area contributed by atoms with Gasteiger partial charge in [-0.2, -0.15) is 0 Å². The normalized spacial score (nSPS) is 24.4. The van der Waals surface area contributed by atoms with Crippen LogP contribution in [0.2, 0.25) is 0 Å². The topological polar surface area (TPSA) is 76.0 Å². The van der Waals surface area contributed by atoms with Crippen LogP contribution in [0.1, 0.15) is 0 Å². The lowest BCUT2D eigenvalue weighted by molar-refractivity contribution is -0.0611. The minimum absolute atomic E-state index is 0.615. The fourth-order valence-electron chi connectivity index (χ4n) is 0.570. The van der Waals surface area contributed by atoms with Gasteiger partial charge < -0.3 is 19.3 Å². The summed E-state index contributed by atoms with van der Waals surface area (Å²) in [6.07, 6.45) is 1.89. The predicted octanol–water partition coefficient (Wildman–Crippen LogP) is 0.212. The molecule has 0 amide bonds. The lowest BCUT2D eigenvalue weighted by Crippen LogP contribution is -2.09. The predicted molar refractivity (Wildman–Crippen MR) is 36.3 cm³/mol. The Morgan fingerprint density at radius 3 is 2.82 bits per heavy atom. The smallest absolute Gasteiger partial charge is 0.339 e. The van der Waals surface area contributed by atoms with Crippen LogP contribution in [-0.2, 0) is 14.0 Å². The number of hydrogen-bond acceptors (Lipinski definition) is 3. The van der Waals surface area contributed by atoms with Crippen LogP contribution in [0.4, 0.5) is 0 Å². The lowest BCUT2D eigenvalue weighted by atomic mass is 10.6. The Balaban J connectivity index is 2.22. The van der Waals surface area contributed by atoms with Crippen LogP contribution >= 0.6 is 7.60 Å². The molecule has 6 heteroatoms. The van der Waals surface area contributed by atoms with E-state index < -0.39 is 20.2 Å². The van der Waals surface area contributed by atoms with Gasteiger partial charge in [0, 0.05) is 0 Å². The third kappa shape index (κ3) is 3.65. The summed E-state index contributed by atoms with van der Waals surface area (Å²) in [5.74, 6) is 0. The average Bonchev–Trinajstić information content (AvgIpc) is 2.32. The summed E-state index contributed by atoms with van der Waals surface area (Å²) in [5, 5.41) is 0. The van der Waals surface area contributed by atoms with Gasteiger partial charge in [0.1, 0.15) is 6.61 Å². The highest BCUT2D eigenvalue weighted by atomic mass is 31.2. The van der Waals surface area contributed by atoms with Crippen molar-refractivity contribution in [2.24, 2.45) is 0 Å². The van der Waals surface area contributed by atoms with Gasteiger partial charge in [-0.3, -0.25) is 4.57 Å². The van der Waals surface area contributed by atoms with Crippen LogP contribution < -0.4 is 0 Å². The Kier molecular flexibility index (Phi) is 2.81. The second-order valence-corrected chi connectivity index (χ2v) is 3.57. The molecule has 0 saturated carbocycles. The molecule has 0 fully saturated rings. The van der Waals surface area contributed by atoms with Crippen LogP contribution in [0, 0.1) is 6.61 Å². The minimum Gasteiger partial charge on any atom is -0.339 e. The molecule has 1 atom stereocenters. The molecule has 1 aliphatic heterocycles. The van der Waals surface area contributed by atoms with Crippen molar-refractivity contribution in [2.75, 3.05) is 6.35 Å². The first-order chi connectivity index (χ1) is 5.08. The van der Waals surface area contributed by atoms with Gasteiger partial charge in [0.05, 0.1) is 0 Å². The van der Waals surface area contributed by atoms with E-state index in [2.05, 4.69) is 4.74 Å². The van der Waals surface area contributed by atoms with Crippen molar-refractivity contribution in [2.45, 2.75) is 6.29 Å². The van der Waals surface area contributed by atoms with Gasteiger partial charge in [0.25, 0.3) is 0 Å². The fraction of sp³-hybridized carbons (Fsp3) is 0.400. The molecule has 0 saturated heterocycles. The van der Waals surface area contributed by atoms with Crippen LogP contribution in [0.3, 0.4) is 0 Å². The third-order valence-electron chi connectivity index (χ3n) is 0.966. The Morgan fingerprint density at radius 2 is 2.36 bits per heavy atom. The zero-order chi connectivity index (χ0) is 8.32. The highest BCUT2D eigenvalue weighted by Gasteiger charge is 2.18. The number of rotatable bonds is 3. The highest BCUT2D eigenvalue weighted by molar-refractivity contribution is 7.51. The van der Waals surface area contributed by atoms with E-state index >= 15 is 0 Å². The van der Waals surface area contributed by atoms with Crippen molar-refractivity contribution in [3.05, 3.63) is 18.8 Å². The van der Waals surface area contributed by atoms with Gasteiger partial charge in [-0.25, -0.2) is 0 Å². The molecule has 0 spiro atoms. The first-order valence-corrected chi connectivity index (χ1v) is 4.69. The molecule has 63 valence electrons. The van der Waals surface area contributed by atoms with Gasteiger partial charge in [0.2, 0.25) is 0 Å². The molecule has 2 N–H and O–H groups in total. The third-order valence-corrected chi connectivity index (χ3v) is 1.45. The maximum absolute atomic E-state index is 10.3. The molecule has 0 aromatic rings. The summed E-state index contributed by atoms with van der Waals surface area (Å²) >= 11 is 0. The molecule has 11 heavy (non-hydrogen) atoms. The summed E-state index contributed by atoms with van der Waals surface area (Å²) < 4.78 is 19.7. The van der Waals surface area contributed by atoms with Crippen LogP contribution in [0.25, 0.3) is 0 Å². The summed E-state index contributed by atoms with van der Waals surface area (Å²) in [4.78, 5) is 16.7. The average molecular weight is 179 g/mol. The molecule has 0 aliphatic carbocycles. The largest absolute Gasteiger partial charge is 0.351 e. The monoisotopic (exact) mass is 179 g/mol. The maximum Gasteiger partial charge on any atom is 0.351 e. The molecular formula is C5H8O5P. The van der Waals surface area contributed by atoms with Crippen molar-refractivity contribution in [1.82, 2.24) is 0 Å². The minimum atomic E-state index is -4.07. The summed E-state index contributed by atoms with van der Waals surface area (Å²) in [5.41, 5.74) is 0. The summed E-state index contributed by atoms with van der Waals surface area (Å²) in [6, 6.07) is 0. The molecule has 1 aliphatic rings. The molecule has 1 radical (unpaired) electrons. The standard InChI is InChI=1S/C5H8O5P/c6-11(7,8)4-10-5-2-1-3-9-5/h1-3,5H,4H2,(H2,6,7,8). The van der Waals surface area contributed by atoms with Crippen LogP contribution in [0.15, 0.2) is 12.2 Å². The van der Waals surface area contributed by atoms with Crippen molar-refractivity contribution >= 4 is 7.60 Å². The van der Waals surface area contributed by atoms with Crippen molar-refractivity contribution in [1.29, 1.82) is 0 Å². The van der Waals surface area contributed by atoms with Crippen LogP contribution in [-0.4, -0.2) is 22.4 Å². The van der Waals surface area contributed by atoms with Gasteiger partial charge in [-0.15, -0.1) is 0 Å². The molecule has 1 rings (SSSR count).